The van der Waals surface area contributed by atoms with Gasteiger partial charge in [0.2, 0.25) is 0 Å². The SMILES string of the molecule is C/C=c1/cc(O)cc2c1=CC(c1ccc(O)cc1)=C2c1ccccc1. The summed E-state index contributed by atoms with van der Waals surface area (Å²) in [6, 6.07) is 21.1. The minimum Gasteiger partial charge on any atom is -0.508 e. The molecule has 122 valence electrons. The molecule has 0 atom stereocenters. The highest BCUT2D eigenvalue weighted by molar-refractivity contribution is 6.13. The molecule has 0 radical (unpaired) electrons. The van der Waals surface area contributed by atoms with Crippen molar-refractivity contribution in [3.05, 3.63) is 93.9 Å². The van der Waals surface area contributed by atoms with E-state index in [1.807, 2.05) is 49.4 Å². The Balaban J connectivity index is 2.07. The molecule has 25 heavy (non-hydrogen) atoms. The van der Waals surface area contributed by atoms with Gasteiger partial charge in [-0.15, -0.1) is 0 Å². The number of fused-ring (bicyclic) bond motifs is 1. The van der Waals surface area contributed by atoms with Gasteiger partial charge >= 0.3 is 0 Å². The minimum atomic E-state index is 0.251. The van der Waals surface area contributed by atoms with Crippen LogP contribution in [0.4, 0.5) is 0 Å². The lowest BCUT2D eigenvalue weighted by Gasteiger charge is -2.11. The standard InChI is InChI=1S/C23H18O2/c1-2-15-12-19(25)13-22-20(15)14-21(16-8-10-18(24)11-9-16)23(22)17-6-4-3-5-7-17/h2-14,24-25H,1H3/b15-2-. The molecule has 2 N–H and O–H groups in total. The maximum absolute atomic E-state index is 10.2. The summed E-state index contributed by atoms with van der Waals surface area (Å²) in [7, 11) is 0. The van der Waals surface area contributed by atoms with Crippen LogP contribution in [-0.4, -0.2) is 10.2 Å². The zero-order chi connectivity index (χ0) is 17.4. The van der Waals surface area contributed by atoms with Gasteiger partial charge in [-0.05, 0) is 75.5 Å². The predicted octanol–water partition coefficient (Wildman–Crippen LogP) is 3.65. The largest absolute Gasteiger partial charge is 0.508 e. The van der Waals surface area contributed by atoms with Crippen molar-refractivity contribution < 1.29 is 10.2 Å². The highest BCUT2D eigenvalue weighted by Crippen LogP contribution is 2.36. The molecule has 4 rings (SSSR count). The minimum absolute atomic E-state index is 0.251. The van der Waals surface area contributed by atoms with E-state index in [0.29, 0.717) is 0 Å². The van der Waals surface area contributed by atoms with Gasteiger partial charge in [0.25, 0.3) is 0 Å². The fourth-order valence-electron chi connectivity index (χ4n) is 3.41. The molecule has 2 nitrogen and oxygen atoms in total. The molecule has 0 spiro atoms. The number of aromatic hydroxyl groups is 2. The zero-order valence-corrected chi connectivity index (χ0v) is 13.9. The Labute approximate surface area is 146 Å². The van der Waals surface area contributed by atoms with Crippen molar-refractivity contribution in [3.63, 3.8) is 0 Å². The summed E-state index contributed by atoms with van der Waals surface area (Å²) in [4.78, 5) is 0. The van der Waals surface area contributed by atoms with Gasteiger partial charge in [0, 0.05) is 0 Å². The number of rotatable bonds is 2. The van der Waals surface area contributed by atoms with Crippen molar-refractivity contribution in [1.82, 2.24) is 0 Å². The summed E-state index contributed by atoms with van der Waals surface area (Å²) in [5, 5.41) is 21.9. The molecule has 3 aromatic rings. The van der Waals surface area contributed by atoms with Gasteiger partial charge in [-0.1, -0.05) is 48.5 Å². The average molecular weight is 326 g/mol. The Morgan fingerprint density at radius 2 is 1.48 bits per heavy atom. The topological polar surface area (TPSA) is 40.5 Å². The Kier molecular flexibility index (Phi) is 3.66. The van der Waals surface area contributed by atoms with Crippen LogP contribution in [0.5, 0.6) is 11.5 Å². The summed E-state index contributed by atoms with van der Waals surface area (Å²) in [6.45, 7) is 1.98. The second-order valence-corrected chi connectivity index (χ2v) is 6.13. The lowest BCUT2D eigenvalue weighted by Crippen LogP contribution is -2.25. The quantitative estimate of drug-likeness (QED) is 0.755. The highest BCUT2D eigenvalue weighted by atomic mass is 16.3. The van der Waals surface area contributed by atoms with Crippen LogP contribution in [0.1, 0.15) is 23.6 Å². The third kappa shape index (κ3) is 2.62. The van der Waals surface area contributed by atoms with E-state index < -0.39 is 0 Å². The van der Waals surface area contributed by atoms with Crippen LogP contribution >= 0.6 is 0 Å². The summed E-state index contributed by atoms with van der Waals surface area (Å²) in [5.74, 6) is 0.516. The van der Waals surface area contributed by atoms with Gasteiger partial charge in [-0.2, -0.15) is 0 Å². The van der Waals surface area contributed by atoms with Crippen LogP contribution < -0.4 is 10.4 Å². The molecule has 0 unspecified atom stereocenters. The molecule has 0 bridgehead atoms. The first-order chi connectivity index (χ1) is 12.2. The fourth-order valence-corrected chi connectivity index (χ4v) is 3.41. The predicted molar refractivity (Wildman–Crippen MR) is 102 cm³/mol. The van der Waals surface area contributed by atoms with Crippen LogP contribution in [0.25, 0.3) is 23.3 Å². The van der Waals surface area contributed by atoms with Crippen molar-refractivity contribution >= 4 is 23.3 Å². The van der Waals surface area contributed by atoms with E-state index in [1.54, 1.807) is 18.2 Å². The van der Waals surface area contributed by atoms with Crippen molar-refractivity contribution in [2.24, 2.45) is 0 Å². The molecule has 0 fully saturated rings. The third-order valence-corrected chi connectivity index (χ3v) is 4.58. The Hall–Kier alpha value is -3.26. The smallest absolute Gasteiger partial charge is 0.116 e. The van der Waals surface area contributed by atoms with Crippen LogP contribution in [0.15, 0.2) is 66.7 Å². The van der Waals surface area contributed by atoms with Crippen molar-refractivity contribution in [2.45, 2.75) is 6.92 Å². The highest BCUT2D eigenvalue weighted by Gasteiger charge is 2.20. The van der Waals surface area contributed by atoms with E-state index in [1.165, 1.54) is 0 Å². The van der Waals surface area contributed by atoms with Crippen LogP contribution in [0.3, 0.4) is 0 Å². The van der Waals surface area contributed by atoms with Gasteiger partial charge in [0.1, 0.15) is 11.5 Å². The normalized spacial score (nSPS) is 13.7. The van der Waals surface area contributed by atoms with Gasteiger partial charge in [-0.25, -0.2) is 0 Å². The number of phenols is 2. The number of phenolic OH excluding ortho intramolecular Hbond substituents is 2. The van der Waals surface area contributed by atoms with E-state index in [-0.39, 0.29) is 11.5 Å². The van der Waals surface area contributed by atoms with Gasteiger partial charge in [0.05, 0.1) is 0 Å². The molecule has 1 aliphatic carbocycles. The molecular formula is C23H18O2. The van der Waals surface area contributed by atoms with E-state index >= 15 is 0 Å². The summed E-state index contributed by atoms with van der Waals surface area (Å²) >= 11 is 0. The van der Waals surface area contributed by atoms with E-state index in [9.17, 15) is 10.2 Å². The van der Waals surface area contributed by atoms with Gasteiger partial charge in [-0.3, -0.25) is 0 Å². The third-order valence-electron chi connectivity index (χ3n) is 4.58. The second-order valence-electron chi connectivity index (χ2n) is 6.13. The monoisotopic (exact) mass is 326 g/mol. The molecule has 0 aliphatic heterocycles. The fraction of sp³-hybridized carbons (Fsp3) is 0.0435. The maximum Gasteiger partial charge on any atom is 0.116 e. The van der Waals surface area contributed by atoms with E-state index in [0.717, 1.165) is 38.3 Å². The van der Waals surface area contributed by atoms with E-state index in [2.05, 4.69) is 18.2 Å². The molecule has 0 saturated heterocycles. The first-order valence-electron chi connectivity index (χ1n) is 8.28. The average Bonchev–Trinajstić information content (AvgIpc) is 3.01. The molecule has 3 aromatic carbocycles. The van der Waals surface area contributed by atoms with Crippen molar-refractivity contribution in [1.29, 1.82) is 0 Å². The molecule has 2 heteroatoms. The van der Waals surface area contributed by atoms with Crippen LogP contribution in [-0.2, 0) is 0 Å². The number of benzene rings is 3. The van der Waals surface area contributed by atoms with Crippen molar-refractivity contribution in [2.75, 3.05) is 0 Å². The lowest BCUT2D eigenvalue weighted by atomic mass is 9.93. The van der Waals surface area contributed by atoms with Gasteiger partial charge < -0.3 is 10.2 Å². The number of allylic oxidation sites excluding steroid dienone is 1. The van der Waals surface area contributed by atoms with Crippen LogP contribution in [0.2, 0.25) is 0 Å². The molecule has 0 heterocycles. The first-order valence-corrected chi connectivity index (χ1v) is 8.28. The van der Waals surface area contributed by atoms with E-state index in [4.69, 9.17) is 0 Å². The molecular weight excluding hydrogens is 308 g/mol. The molecule has 0 amide bonds. The molecule has 1 aliphatic rings. The second kappa shape index (κ2) is 5.99. The summed E-state index contributed by atoms with van der Waals surface area (Å²) < 4.78 is 0. The Morgan fingerprint density at radius 1 is 0.760 bits per heavy atom. The Bertz CT molecular complexity index is 1090. The molecule has 0 saturated carbocycles. The molecule has 0 aromatic heterocycles. The number of hydrogen-bond donors (Lipinski definition) is 2. The summed E-state index contributed by atoms with van der Waals surface area (Å²) in [6.07, 6.45) is 4.18. The van der Waals surface area contributed by atoms with Crippen LogP contribution in [0, 0.1) is 0 Å². The lowest BCUT2D eigenvalue weighted by molar-refractivity contribution is 0.474. The maximum atomic E-state index is 10.2. The zero-order valence-electron chi connectivity index (χ0n) is 13.9. The van der Waals surface area contributed by atoms with Crippen molar-refractivity contribution in [3.8, 4) is 11.5 Å². The van der Waals surface area contributed by atoms with Gasteiger partial charge in [0.15, 0.2) is 0 Å². The Morgan fingerprint density at radius 3 is 2.16 bits per heavy atom. The first kappa shape index (κ1) is 15.3. The summed E-state index contributed by atoms with van der Waals surface area (Å²) in [5.41, 5.74) is 5.36. The number of hydrogen-bond acceptors (Lipinski definition) is 2.